The smallest absolute Gasteiger partial charge is 0.308 e. The van der Waals surface area contributed by atoms with Gasteiger partial charge < -0.3 is 10.6 Å². The number of nitrogens with two attached hydrogens (primary N) is 1. The average molecular weight is 367 g/mol. The molecule has 2 aromatic rings. The van der Waals surface area contributed by atoms with Crippen LogP contribution in [0, 0.1) is 5.82 Å². The summed E-state index contributed by atoms with van der Waals surface area (Å²) in [7, 11) is 0. The van der Waals surface area contributed by atoms with Gasteiger partial charge in [-0.25, -0.2) is 15.0 Å². The van der Waals surface area contributed by atoms with Gasteiger partial charge in [-0.2, -0.15) is 0 Å². The van der Waals surface area contributed by atoms with Gasteiger partial charge in [-0.3, -0.25) is 10.2 Å². The summed E-state index contributed by atoms with van der Waals surface area (Å²) in [4.78, 5) is 23.6. The van der Waals surface area contributed by atoms with E-state index in [-0.39, 0.29) is 16.9 Å². The van der Waals surface area contributed by atoms with Crippen LogP contribution in [0.5, 0.6) is 0 Å². The zero-order chi connectivity index (χ0) is 16.1. The Morgan fingerprint density at radius 2 is 1.86 bits per heavy atom. The van der Waals surface area contributed by atoms with E-state index in [1.165, 1.54) is 30.3 Å². The first-order valence-corrected chi connectivity index (χ1v) is 6.93. The molecule has 5 N–H and O–H groups in total. The largest absolute Gasteiger partial charge is 0.323 e. The molecule has 0 atom stereocenters. The lowest BCUT2D eigenvalue weighted by Gasteiger charge is -2.11. The second-order valence-electron chi connectivity index (χ2n) is 4.25. The van der Waals surface area contributed by atoms with Crippen molar-refractivity contribution >= 4 is 39.2 Å². The number of amides is 3. The third kappa shape index (κ3) is 4.03. The first-order valence-electron chi connectivity index (χ1n) is 6.13. The summed E-state index contributed by atoms with van der Waals surface area (Å²) in [6.45, 7) is 0. The first-order chi connectivity index (χ1) is 10.5. The molecule has 0 unspecified atom stereocenters. The molecule has 3 amide bonds. The van der Waals surface area contributed by atoms with Gasteiger partial charge in [0, 0.05) is 10.2 Å². The van der Waals surface area contributed by atoms with Crippen LogP contribution in [0.1, 0.15) is 10.4 Å². The molecule has 0 spiro atoms. The Kier molecular flexibility index (Phi) is 5.08. The molecule has 22 heavy (non-hydrogen) atoms. The lowest BCUT2D eigenvalue weighted by atomic mass is 10.1. The number of urea groups is 1. The number of hydrazine groups is 1. The molecule has 114 valence electrons. The van der Waals surface area contributed by atoms with E-state index in [9.17, 15) is 14.0 Å². The van der Waals surface area contributed by atoms with Crippen LogP contribution >= 0.6 is 15.9 Å². The first kappa shape index (κ1) is 15.9. The number of hydrogen-bond acceptors (Lipinski definition) is 3. The molecule has 0 heterocycles. The number of anilines is 2. The molecule has 0 fully saturated rings. The molecule has 0 saturated carbocycles. The highest BCUT2D eigenvalue weighted by molar-refractivity contribution is 9.10. The van der Waals surface area contributed by atoms with E-state index in [1.807, 2.05) is 5.43 Å². The minimum absolute atomic E-state index is 0.195. The minimum Gasteiger partial charge on any atom is -0.308 e. The predicted molar refractivity (Wildman–Crippen MR) is 84.8 cm³/mol. The lowest BCUT2D eigenvalue weighted by Crippen LogP contribution is -2.31. The third-order valence-corrected chi connectivity index (χ3v) is 3.18. The van der Waals surface area contributed by atoms with Gasteiger partial charge in [-0.05, 0) is 36.4 Å². The summed E-state index contributed by atoms with van der Waals surface area (Å²) in [5.74, 6) is 4.08. The van der Waals surface area contributed by atoms with Crippen LogP contribution in [0.2, 0.25) is 0 Å². The van der Waals surface area contributed by atoms with Gasteiger partial charge in [0.1, 0.15) is 5.82 Å². The Morgan fingerprint density at radius 3 is 2.55 bits per heavy atom. The van der Waals surface area contributed by atoms with Gasteiger partial charge in [-0.15, -0.1) is 0 Å². The number of halogens is 2. The number of carbonyl (C=O) groups is 2. The summed E-state index contributed by atoms with van der Waals surface area (Å²) in [5.41, 5.74) is 2.74. The summed E-state index contributed by atoms with van der Waals surface area (Å²) >= 11 is 3.25. The zero-order valence-corrected chi connectivity index (χ0v) is 12.8. The van der Waals surface area contributed by atoms with Crippen molar-refractivity contribution in [2.24, 2.45) is 5.84 Å². The molecule has 0 aliphatic rings. The maximum Gasteiger partial charge on any atom is 0.323 e. The maximum atomic E-state index is 13.1. The fourth-order valence-electron chi connectivity index (χ4n) is 1.75. The minimum atomic E-state index is -0.616. The quantitative estimate of drug-likeness (QED) is 0.382. The zero-order valence-electron chi connectivity index (χ0n) is 11.2. The average Bonchev–Trinajstić information content (AvgIpc) is 2.46. The van der Waals surface area contributed by atoms with Crippen molar-refractivity contribution in [3.63, 3.8) is 0 Å². The van der Waals surface area contributed by atoms with Crippen LogP contribution in [0.3, 0.4) is 0 Å². The fourth-order valence-corrected chi connectivity index (χ4v) is 2.11. The number of hydrogen-bond donors (Lipinski definition) is 4. The highest BCUT2D eigenvalue weighted by Gasteiger charge is 2.13. The molecule has 0 radical (unpaired) electrons. The van der Waals surface area contributed by atoms with Crippen molar-refractivity contribution in [3.05, 3.63) is 58.3 Å². The molecule has 0 aliphatic carbocycles. The Bertz CT molecular complexity index is 724. The Morgan fingerprint density at radius 1 is 1.09 bits per heavy atom. The van der Waals surface area contributed by atoms with E-state index in [0.29, 0.717) is 4.47 Å². The standard InChI is InChI=1S/C14H12BrFN4O2/c15-8-4-5-11(13(21)20-17)12(6-8)19-14(22)18-10-3-1-2-9(16)7-10/h1-7H,17H2,(H,20,21)(H2,18,19,22). The van der Waals surface area contributed by atoms with Crippen LogP contribution in [0.15, 0.2) is 46.9 Å². The topological polar surface area (TPSA) is 96.2 Å². The summed E-state index contributed by atoms with van der Waals surface area (Å²) in [6, 6.07) is 9.53. The van der Waals surface area contributed by atoms with Gasteiger partial charge >= 0.3 is 6.03 Å². The molecule has 2 rings (SSSR count). The monoisotopic (exact) mass is 366 g/mol. The lowest BCUT2D eigenvalue weighted by molar-refractivity contribution is 0.0954. The van der Waals surface area contributed by atoms with Crippen molar-refractivity contribution in [2.75, 3.05) is 10.6 Å². The highest BCUT2D eigenvalue weighted by Crippen LogP contribution is 2.22. The van der Waals surface area contributed by atoms with Gasteiger partial charge in [0.05, 0.1) is 11.3 Å². The van der Waals surface area contributed by atoms with Gasteiger partial charge in [-0.1, -0.05) is 22.0 Å². The predicted octanol–water partition coefficient (Wildman–Crippen LogP) is 2.84. The molecule has 2 aromatic carbocycles. The van der Waals surface area contributed by atoms with Gasteiger partial charge in [0.15, 0.2) is 0 Å². The molecular weight excluding hydrogens is 355 g/mol. The summed E-state index contributed by atoms with van der Waals surface area (Å²) in [6.07, 6.45) is 0. The van der Waals surface area contributed by atoms with E-state index >= 15 is 0 Å². The number of rotatable bonds is 3. The van der Waals surface area contributed by atoms with E-state index in [2.05, 4.69) is 26.6 Å². The van der Waals surface area contributed by atoms with E-state index in [0.717, 1.165) is 0 Å². The molecule has 0 bridgehead atoms. The van der Waals surface area contributed by atoms with Crippen molar-refractivity contribution in [3.8, 4) is 0 Å². The second kappa shape index (κ2) is 7.01. The molecular formula is C14H12BrFN4O2. The fraction of sp³-hybridized carbons (Fsp3) is 0. The molecule has 0 aliphatic heterocycles. The van der Waals surface area contributed by atoms with Crippen LogP contribution < -0.4 is 21.9 Å². The van der Waals surface area contributed by atoms with Crippen LogP contribution in [-0.2, 0) is 0 Å². The SMILES string of the molecule is NNC(=O)c1ccc(Br)cc1NC(=O)Nc1cccc(F)c1. The molecule has 0 saturated heterocycles. The Balaban J connectivity index is 2.17. The number of carbonyl (C=O) groups excluding carboxylic acids is 2. The van der Waals surface area contributed by atoms with E-state index in [1.54, 1.807) is 12.1 Å². The van der Waals surface area contributed by atoms with E-state index < -0.39 is 17.8 Å². The van der Waals surface area contributed by atoms with Crippen LogP contribution in [0.25, 0.3) is 0 Å². The van der Waals surface area contributed by atoms with Crippen LogP contribution in [0.4, 0.5) is 20.6 Å². The van der Waals surface area contributed by atoms with Gasteiger partial charge in [0.25, 0.3) is 5.91 Å². The van der Waals surface area contributed by atoms with Crippen molar-refractivity contribution < 1.29 is 14.0 Å². The van der Waals surface area contributed by atoms with Crippen LogP contribution in [-0.4, -0.2) is 11.9 Å². The Labute approximate surface area is 134 Å². The normalized spacial score (nSPS) is 9.95. The third-order valence-electron chi connectivity index (χ3n) is 2.69. The molecule has 6 nitrogen and oxygen atoms in total. The Hall–Kier alpha value is -2.45. The molecule has 8 heteroatoms. The summed E-state index contributed by atoms with van der Waals surface area (Å²) in [5, 5.41) is 4.98. The van der Waals surface area contributed by atoms with E-state index in [4.69, 9.17) is 5.84 Å². The number of nitrogens with one attached hydrogen (secondary N) is 3. The number of benzene rings is 2. The molecule has 0 aromatic heterocycles. The summed E-state index contributed by atoms with van der Waals surface area (Å²) < 4.78 is 13.7. The number of nitrogen functional groups attached to an aromatic ring is 1. The van der Waals surface area contributed by atoms with Crippen molar-refractivity contribution in [1.82, 2.24) is 5.43 Å². The van der Waals surface area contributed by atoms with Gasteiger partial charge in [0.2, 0.25) is 0 Å². The van der Waals surface area contributed by atoms with Crippen molar-refractivity contribution in [1.29, 1.82) is 0 Å². The maximum absolute atomic E-state index is 13.1. The second-order valence-corrected chi connectivity index (χ2v) is 5.17. The highest BCUT2D eigenvalue weighted by atomic mass is 79.9. The van der Waals surface area contributed by atoms with Crippen molar-refractivity contribution in [2.45, 2.75) is 0 Å².